The number of piperazine rings is 1. The fraction of sp³-hybridized carbons (Fsp3) is 0.375. The molecule has 1 fully saturated rings. The van der Waals surface area contributed by atoms with Crippen LogP contribution in [-0.4, -0.2) is 53.2 Å². The number of benzene rings is 1. The smallest absolute Gasteiger partial charge is 0.320 e. The Morgan fingerprint density at radius 3 is 2.62 bits per heavy atom. The number of aromatic nitrogens is 1. The molecule has 110 valence electrons. The summed E-state index contributed by atoms with van der Waals surface area (Å²) in [6, 6.07) is 9.74. The largest absolute Gasteiger partial charge is 0.480 e. The van der Waals surface area contributed by atoms with Gasteiger partial charge in [0, 0.05) is 43.4 Å². The average Bonchev–Trinajstić information content (AvgIpc) is 2.53. The second kappa shape index (κ2) is 5.69. The van der Waals surface area contributed by atoms with Crippen molar-refractivity contribution in [2.45, 2.75) is 13.0 Å². The highest BCUT2D eigenvalue weighted by molar-refractivity contribution is 5.91. The number of para-hydroxylation sites is 1. The van der Waals surface area contributed by atoms with Crippen LogP contribution in [0.15, 0.2) is 36.5 Å². The lowest BCUT2D eigenvalue weighted by Crippen LogP contribution is -2.51. The number of carboxylic acids is 1. The number of pyridine rings is 1. The molecular formula is C16H19N3O2. The molecule has 2 aromatic rings. The number of anilines is 1. The number of fused-ring (bicyclic) bond motifs is 1. The lowest BCUT2D eigenvalue weighted by molar-refractivity contribution is -0.142. The van der Waals surface area contributed by atoms with E-state index in [0.29, 0.717) is 0 Å². The van der Waals surface area contributed by atoms with Crippen LogP contribution in [0, 0.1) is 0 Å². The SMILES string of the molecule is CC(C(=O)O)N1CCN(c2ccnc3ccccc23)CC1. The van der Waals surface area contributed by atoms with Gasteiger partial charge in [-0.05, 0) is 19.1 Å². The maximum absolute atomic E-state index is 11.1. The van der Waals surface area contributed by atoms with Crippen LogP contribution in [0.4, 0.5) is 5.69 Å². The molecule has 0 saturated carbocycles. The number of rotatable bonds is 3. The standard InChI is InChI=1S/C16H19N3O2/c1-12(16(20)21)18-8-10-19(11-9-18)15-6-7-17-14-5-3-2-4-13(14)15/h2-7,12H,8-11H2,1H3,(H,20,21). The molecule has 1 saturated heterocycles. The van der Waals surface area contributed by atoms with E-state index in [1.165, 1.54) is 5.69 Å². The molecule has 2 heterocycles. The van der Waals surface area contributed by atoms with Gasteiger partial charge in [0.05, 0.1) is 5.52 Å². The van der Waals surface area contributed by atoms with Gasteiger partial charge in [0.15, 0.2) is 0 Å². The van der Waals surface area contributed by atoms with Crippen LogP contribution in [0.5, 0.6) is 0 Å². The predicted octanol–water partition coefficient (Wildman–Crippen LogP) is 1.83. The number of hydrogen-bond donors (Lipinski definition) is 1. The van der Waals surface area contributed by atoms with Gasteiger partial charge >= 0.3 is 5.97 Å². The summed E-state index contributed by atoms with van der Waals surface area (Å²) >= 11 is 0. The monoisotopic (exact) mass is 285 g/mol. The average molecular weight is 285 g/mol. The summed E-state index contributed by atoms with van der Waals surface area (Å²) in [5, 5.41) is 10.2. The molecule has 1 atom stereocenters. The first-order chi connectivity index (χ1) is 10.2. The van der Waals surface area contributed by atoms with Crippen LogP contribution in [0.1, 0.15) is 6.92 Å². The van der Waals surface area contributed by atoms with Gasteiger partial charge in [0.25, 0.3) is 0 Å². The Labute approximate surface area is 123 Å². The normalized spacial score (nSPS) is 17.9. The summed E-state index contributed by atoms with van der Waals surface area (Å²) in [7, 11) is 0. The van der Waals surface area contributed by atoms with E-state index in [9.17, 15) is 4.79 Å². The van der Waals surface area contributed by atoms with E-state index in [1.54, 1.807) is 6.92 Å². The maximum atomic E-state index is 11.1. The van der Waals surface area contributed by atoms with E-state index < -0.39 is 12.0 Å². The maximum Gasteiger partial charge on any atom is 0.320 e. The van der Waals surface area contributed by atoms with Gasteiger partial charge in [-0.25, -0.2) is 0 Å². The van der Waals surface area contributed by atoms with Gasteiger partial charge in [0.1, 0.15) is 6.04 Å². The second-order valence-electron chi connectivity index (χ2n) is 5.38. The van der Waals surface area contributed by atoms with E-state index >= 15 is 0 Å². The Hall–Kier alpha value is -2.14. The highest BCUT2D eigenvalue weighted by Gasteiger charge is 2.25. The lowest BCUT2D eigenvalue weighted by atomic mass is 10.1. The molecule has 1 aliphatic rings. The van der Waals surface area contributed by atoms with Gasteiger partial charge in [-0.3, -0.25) is 14.7 Å². The van der Waals surface area contributed by atoms with Gasteiger partial charge in [-0.15, -0.1) is 0 Å². The molecule has 3 rings (SSSR count). The zero-order valence-corrected chi connectivity index (χ0v) is 12.1. The molecule has 1 aliphatic heterocycles. The Morgan fingerprint density at radius 1 is 1.19 bits per heavy atom. The number of carbonyl (C=O) groups is 1. The molecule has 1 aromatic heterocycles. The Bertz CT molecular complexity index is 646. The molecule has 0 amide bonds. The van der Waals surface area contributed by atoms with Crippen LogP contribution in [0.25, 0.3) is 10.9 Å². The third kappa shape index (κ3) is 2.69. The minimum Gasteiger partial charge on any atom is -0.480 e. The zero-order valence-electron chi connectivity index (χ0n) is 12.1. The van der Waals surface area contributed by atoms with Gasteiger partial charge in [-0.2, -0.15) is 0 Å². The third-order valence-corrected chi connectivity index (χ3v) is 4.19. The Kier molecular flexibility index (Phi) is 3.75. The second-order valence-corrected chi connectivity index (χ2v) is 5.38. The summed E-state index contributed by atoms with van der Waals surface area (Å²) in [5.74, 6) is -0.752. The molecule has 5 heteroatoms. The van der Waals surface area contributed by atoms with Crippen LogP contribution in [0.3, 0.4) is 0 Å². The molecule has 0 spiro atoms. The summed E-state index contributed by atoms with van der Waals surface area (Å²) in [6.07, 6.45) is 1.84. The summed E-state index contributed by atoms with van der Waals surface area (Å²) in [6.45, 7) is 4.96. The van der Waals surface area contributed by atoms with Crippen molar-refractivity contribution in [3.8, 4) is 0 Å². The van der Waals surface area contributed by atoms with Crippen molar-refractivity contribution in [1.82, 2.24) is 9.88 Å². The summed E-state index contributed by atoms with van der Waals surface area (Å²) in [4.78, 5) is 19.8. The van der Waals surface area contributed by atoms with Crippen LogP contribution < -0.4 is 4.90 Å². The van der Waals surface area contributed by atoms with Crippen LogP contribution >= 0.6 is 0 Å². The highest BCUT2D eigenvalue weighted by Crippen LogP contribution is 2.26. The molecule has 1 unspecified atom stereocenters. The first-order valence-corrected chi connectivity index (χ1v) is 7.22. The van der Waals surface area contributed by atoms with Crippen molar-refractivity contribution in [2.24, 2.45) is 0 Å². The quantitative estimate of drug-likeness (QED) is 0.932. The number of hydrogen-bond acceptors (Lipinski definition) is 4. The molecule has 0 bridgehead atoms. The van der Waals surface area contributed by atoms with E-state index in [2.05, 4.69) is 16.0 Å². The van der Waals surface area contributed by atoms with E-state index in [1.807, 2.05) is 35.4 Å². The first kappa shape index (κ1) is 13.8. The van der Waals surface area contributed by atoms with E-state index in [0.717, 1.165) is 37.1 Å². The Balaban J connectivity index is 1.79. The summed E-state index contributed by atoms with van der Waals surface area (Å²) in [5.41, 5.74) is 2.18. The van der Waals surface area contributed by atoms with Crippen molar-refractivity contribution in [3.05, 3.63) is 36.5 Å². The van der Waals surface area contributed by atoms with Crippen molar-refractivity contribution in [1.29, 1.82) is 0 Å². The molecule has 1 aromatic carbocycles. The number of nitrogens with zero attached hydrogens (tertiary/aromatic N) is 3. The lowest BCUT2D eigenvalue weighted by Gasteiger charge is -2.38. The zero-order chi connectivity index (χ0) is 14.8. The van der Waals surface area contributed by atoms with E-state index in [-0.39, 0.29) is 0 Å². The molecular weight excluding hydrogens is 266 g/mol. The minimum absolute atomic E-state index is 0.415. The minimum atomic E-state index is -0.752. The predicted molar refractivity (Wildman–Crippen MR) is 82.6 cm³/mol. The third-order valence-electron chi connectivity index (χ3n) is 4.19. The molecule has 0 radical (unpaired) electrons. The fourth-order valence-electron chi connectivity index (χ4n) is 2.86. The molecule has 5 nitrogen and oxygen atoms in total. The van der Waals surface area contributed by atoms with Crippen molar-refractivity contribution >= 4 is 22.6 Å². The van der Waals surface area contributed by atoms with Crippen molar-refractivity contribution in [3.63, 3.8) is 0 Å². The van der Waals surface area contributed by atoms with Gasteiger partial charge < -0.3 is 10.0 Å². The van der Waals surface area contributed by atoms with Crippen molar-refractivity contribution in [2.75, 3.05) is 31.1 Å². The van der Waals surface area contributed by atoms with Crippen LogP contribution in [-0.2, 0) is 4.79 Å². The van der Waals surface area contributed by atoms with Crippen LogP contribution in [0.2, 0.25) is 0 Å². The highest BCUT2D eigenvalue weighted by atomic mass is 16.4. The number of carboxylic acid groups (broad SMARTS) is 1. The molecule has 0 aliphatic carbocycles. The molecule has 21 heavy (non-hydrogen) atoms. The first-order valence-electron chi connectivity index (χ1n) is 7.22. The molecule has 1 N–H and O–H groups in total. The fourth-order valence-corrected chi connectivity index (χ4v) is 2.86. The van der Waals surface area contributed by atoms with Crippen molar-refractivity contribution < 1.29 is 9.90 Å². The Morgan fingerprint density at radius 2 is 1.90 bits per heavy atom. The number of aliphatic carboxylic acids is 1. The topological polar surface area (TPSA) is 56.7 Å². The van der Waals surface area contributed by atoms with Gasteiger partial charge in [0.2, 0.25) is 0 Å². The van der Waals surface area contributed by atoms with E-state index in [4.69, 9.17) is 5.11 Å². The summed E-state index contributed by atoms with van der Waals surface area (Å²) < 4.78 is 0. The van der Waals surface area contributed by atoms with Gasteiger partial charge in [-0.1, -0.05) is 18.2 Å².